The number of aromatic nitrogens is 3. The normalized spacial score (nSPS) is 13.1. The molecule has 7 rings (SSSR count). The van der Waals surface area contributed by atoms with E-state index in [2.05, 4.69) is 26.3 Å². The van der Waals surface area contributed by atoms with Crippen LogP contribution in [0.2, 0.25) is 5.02 Å². The number of pyridine rings is 1. The van der Waals surface area contributed by atoms with Gasteiger partial charge in [-0.3, -0.25) is 9.78 Å². The molecule has 56 heavy (non-hydrogen) atoms. The van der Waals surface area contributed by atoms with Crippen molar-refractivity contribution in [2.75, 3.05) is 19.5 Å². The summed E-state index contributed by atoms with van der Waals surface area (Å²) >= 11 is 6.08. The molecule has 1 aliphatic rings. The first kappa shape index (κ1) is 37.4. The highest BCUT2D eigenvalue weighted by atomic mass is 35.5. The number of quaternary nitrogens is 1. The van der Waals surface area contributed by atoms with Crippen molar-refractivity contribution in [3.63, 3.8) is 0 Å². The molecule has 280 valence electrons. The van der Waals surface area contributed by atoms with E-state index in [1.807, 2.05) is 80.7 Å². The van der Waals surface area contributed by atoms with Crippen LogP contribution in [0, 0.1) is 0 Å². The number of phenols is 1. The second kappa shape index (κ2) is 16.2. The second-order valence-corrected chi connectivity index (χ2v) is 13.2. The standard InChI is InChI=1S/C44H37ClN6O5/c1-4-5-32-38(23-46)56-37-22-30(47-2)12-14-33(37)39(32)31-13-10-29(20-34(31)44(54)55-3)43(53)49-24-25-6-8-27(9-7-25)42-50-40(26-16-18-48-19-17-26)41(51-42)28-11-15-35(45)36(52)21-28/h4-23,47,52H,24,46H2,1-3H3,(H,49,53)(H,50,51)/p+1/b5-4-,38-23+. The molecule has 11 nitrogen and oxygen atoms in total. The number of carbonyl (C=O) groups is 2. The first-order chi connectivity index (χ1) is 27.2. The van der Waals surface area contributed by atoms with Crippen molar-refractivity contribution in [1.82, 2.24) is 20.3 Å². The predicted molar refractivity (Wildman–Crippen MR) is 217 cm³/mol. The summed E-state index contributed by atoms with van der Waals surface area (Å²) in [5.74, 6) is 0.768. The molecular formula is C44H38ClN6O5+. The van der Waals surface area contributed by atoms with Gasteiger partial charge in [-0.05, 0) is 66.6 Å². The summed E-state index contributed by atoms with van der Waals surface area (Å²) in [6, 6.07) is 27.2. The van der Waals surface area contributed by atoms with E-state index in [1.165, 1.54) is 7.11 Å². The van der Waals surface area contributed by atoms with Gasteiger partial charge in [0, 0.05) is 76.7 Å². The van der Waals surface area contributed by atoms with Crippen LogP contribution in [0.25, 0.3) is 39.5 Å². The minimum atomic E-state index is -0.585. The zero-order chi connectivity index (χ0) is 39.3. The number of aromatic amines is 1. The Bertz CT molecular complexity index is 2560. The van der Waals surface area contributed by atoms with Crippen LogP contribution in [0.15, 0.2) is 133 Å². The molecule has 0 saturated heterocycles. The lowest BCUT2D eigenvalue weighted by Crippen LogP contribution is -2.41. The lowest BCUT2D eigenvalue weighted by atomic mass is 9.86. The Morgan fingerprint density at radius 3 is 2.39 bits per heavy atom. The average Bonchev–Trinajstić information content (AvgIpc) is 3.69. The maximum atomic E-state index is 13.6. The fourth-order valence-corrected chi connectivity index (χ4v) is 6.66. The maximum absolute atomic E-state index is 13.6. The van der Waals surface area contributed by atoms with Gasteiger partial charge in [0.25, 0.3) is 5.91 Å². The molecule has 4 aromatic carbocycles. The monoisotopic (exact) mass is 765 g/mol. The Morgan fingerprint density at radius 1 is 0.946 bits per heavy atom. The number of nitrogens with one attached hydrogen (secondary N) is 3. The molecule has 12 heteroatoms. The minimum absolute atomic E-state index is 0.0385. The smallest absolute Gasteiger partial charge is 0.338 e. The highest BCUT2D eigenvalue weighted by molar-refractivity contribution is 6.32. The molecule has 0 fully saturated rings. The summed E-state index contributed by atoms with van der Waals surface area (Å²) in [5, 5.41) is 16.7. The van der Waals surface area contributed by atoms with Gasteiger partial charge >= 0.3 is 5.97 Å². The zero-order valence-electron chi connectivity index (χ0n) is 30.8. The van der Waals surface area contributed by atoms with Crippen molar-refractivity contribution < 1.29 is 29.9 Å². The van der Waals surface area contributed by atoms with Crippen LogP contribution in [-0.2, 0) is 11.3 Å². The van der Waals surface area contributed by atoms with Crippen molar-refractivity contribution in [3.8, 4) is 45.4 Å². The number of amides is 1. The van der Waals surface area contributed by atoms with Crippen molar-refractivity contribution >= 4 is 34.7 Å². The van der Waals surface area contributed by atoms with Gasteiger partial charge < -0.3 is 35.9 Å². The van der Waals surface area contributed by atoms with Gasteiger partial charge in [0.05, 0.1) is 29.1 Å². The van der Waals surface area contributed by atoms with Crippen LogP contribution in [0.1, 0.15) is 44.3 Å². The van der Waals surface area contributed by atoms with Gasteiger partial charge in [0.2, 0.25) is 0 Å². The van der Waals surface area contributed by atoms with Crippen molar-refractivity contribution in [1.29, 1.82) is 0 Å². The minimum Gasteiger partial charge on any atom is -0.506 e. The number of esters is 1. The molecule has 3 heterocycles. The van der Waals surface area contributed by atoms with E-state index in [4.69, 9.17) is 26.1 Å². The summed E-state index contributed by atoms with van der Waals surface area (Å²) in [6.07, 6.45) is 8.84. The summed E-state index contributed by atoms with van der Waals surface area (Å²) in [6.45, 7) is 2.13. The molecular weight excluding hydrogens is 728 g/mol. The topological polar surface area (TPSA) is 166 Å². The molecule has 0 spiro atoms. The van der Waals surface area contributed by atoms with Crippen molar-refractivity contribution in [3.05, 3.63) is 166 Å². The first-order valence-corrected chi connectivity index (χ1v) is 18.1. The van der Waals surface area contributed by atoms with Gasteiger partial charge in [-0.1, -0.05) is 60.2 Å². The fraction of sp³-hybridized carbons (Fsp3) is 0.0909. The Kier molecular flexibility index (Phi) is 10.8. The van der Waals surface area contributed by atoms with E-state index in [0.717, 1.165) is 44.8 Å². The van der Waals surface area contributed by atoms with Crippen molar-refractivity contribution in [2.45, 2.75) is 13.5 Å². The number of halogens is 1. The van der Waals surface area contributed by atoms with Gasteiger partial charge in [0.15, 0.2) is 5.76 Å². The van der Waals surface area contributed by atoms with Crippen LogP contribution in [0.5, 0.6) is 11.5 Å². The maximum Gasteiger partial charge on any atom is 0.338 e. The number of hydrogen-bond acceptors (Lipinski definition) is 8. The number of ether oxygens (including phenoxy) is 2. The van der Waals surface area contributed by atoms with E-state index >= 15 is 0 Å². The number of methoxy groups -OCH3 is 1. The largest absolute Gasteiger partial charge is 0.506 e. The number of hydrogen-bond donors (Lipinski definition) is 5. The molecule has 0 aliphatic carbocycles. The molecule has 0 atom stereocenters. The molecule has 0 unspecified atom stereocenters. The molecule has 1 amide bonds. The van der Waals surface area contributed by atoms with Gasteiger partial charge in [-0.15, -0.1) is 0 Å². The molecule has 0 radical (unpaired) electrons. The Labute approximate surface area is 328 Å². The Balaban J connectivity index is 1.15. The SMILES string of the molecule is C/C=C\C1=C(c2ccc(C(=O)NCc3ccc(-c4nc(-c5ccc(Cl)c(O)c5)c(-c5ccncc5)[nH]4)cc3)cc2C(=O)OC)c2ccc(NC)cc2O/C1=C/[NH3+]. The molecule has 7 N–H and O–H groups in total. The molecule has 1 aliphatic heterocycles. The van der Waals surface area contributed by atoms with E-state index in [-0.39, 0.29) is 28.8 Å². The Morgan fingerprint density at radius 2 is 1.70 bits per heavy atom. The number of rotatable bonds is 10. The number of fused-ring (bicyclic) bond motifs is 1. The van der Waals surface area contributed by atoms with Crippen LogP contribution < -0.4 is 21.1 Å². The highest BCUT2D eigenvalue weighted by Crippen LogP contribution is 2.44. The first-order valence-electron chi connectivity index (χ1n) is 17.7. The Hall–Kier alpha value is -6.95. The van der Waals surface area contributed by atoms with Gasteiger partial charge in [-0.2, -0.15) is 0 Å². The summed E-state index contributed by atoms with van der Waals surface area (Å²) in [5.41, 5.74) is 12.8. The fourth-order valence-electron chi connectivity index (χ4n) is 6.54. The molecule has 6 aromatic rings. The number of allylic oxidation sites excluding steroid dienone is 2. The quantitative estimate of drug-likeness (QED) is 0.0883. The molecule has 2 aromatic heterocycles. The van der Waals surface area contributed by atoms with E-state index in [9.17, 15) is 14.7 Å². The molecule has 0 bridgehead atoms. The highest BCUT2D eigenvalue weighted by Gasteiger charge is 2.29. The number of imidazole rings is 1. The summed E-state index contributed by atoms with van der Waals surface area (Å²) in [7, 11) is 3.14. The van der Waals surface area contributed by atoms with Gasteiger partial charge in [0.1, 0.15) is 23.5 Å². The van der Waals surface area contributed by atoms with Crippen LogP contribution in [0.4, 0.5) is 5.69 Å². The van der Waals surface area contributed by atoms with Crippen molar-refractivity contribution in [2.24, 2.45) is 0 Å². The van der Waals surface area contributed by atoms with Crippen LogP contribution in [-0.4, -0.2) is 46.1 Å². The van der Waals surface area contributed by atoms with E-state index in [1.54, 1.807) is 55.0 Å². The number of aromatic hydroxyl groups is 1. The third-order valence-corrected chi connectivity index (χ3v) is 9.66. The number of benzene rings is 4. The third-order valence-electron chi connectivity index (χ3n) is 9.34. The van der Waals surface area contributed by atoms with Gasteiger partial charge in [-0.25, -0.2) is 9.78 Å². The zero-order valence-corrected chi connectivity index (χ0v) is 31.6. The lowest BCUT2D eigenvalue weighted by molar-refractivity contribution is -0.278. The van der Waals surface area contributed by atoms with Crippen LogP contribution >= 0.6 is 11.6 Å². The van der Waals surface area contributed by atoms with E-state index < -0.39 is 5.97 Å². The molecule has 0 saturated carbocycles. The average molecular weight is 766 g/mol. The predicted octanol–water partition coefficient (Wildman–Crippen LogP) is 7.78. The second-order valence-electron chi connectivity index (χ2n) is 12.8. The number of H-pyrrole nitrogens is 1. The van der Waals surface area contributed by atoms with Crippen LogP contribution in [0.3, 0.4) is 0 Å². The number of nitrogens with zero attached hydrogens (tertiary/aromatic N) is 2. The summed E-state index contributed by atoms with van der Waals surface area (Å²) < 4.78 is 11.5. The number of anilines is 1. The third kappa shape index (κ3) is 7.41. The number of carbonyl (C=O) groups excluding carboxylic acids is 2. The van der Waals surface area contributed by atoms with E-state index in [0.29, 0.717) is 39.7 Å². The summed E-state index contributed by atoms with van der Waals surface area (Å²) in [4.78, 5) is 39.4. The lowest BCUT2D eigenvalue weighted by Gasteiger charge is -2.26. The number of phenolic OH excluding ortho intramolecular Hbond substituents is 1.